The van der Waals surface area contributed by atoms with Crippen molar-refractivity contribution in [3.05, 3.63) is 89.0 Å². The quantitative estimate of drug-likeness (QED) is 0.667. The maximum absolute atomic E-state index is 13.6. The van der Waals surface area contributed by atoms with Crippen molar-refractivity contribution >= 4 is 0 Å². The third kappa shape index (κ3) is 2.24. The zero-order valence-electron chi connectivity index (χ0n) is 12.1. The van der Waals surface area contributed by atoms with Gasteiger partial charge >= 0.3 is 0 Å². The van der Waals surface area contributed by atoms with Gasteiger partial charge in [0.15, 0.2) is 23.5 Å². The molecule has 1 aliphatic heterocycles. The van der Waals surface area contributed by atoms with E-state index in [0.717, 1.165) is 29.1 Å². The summed E-state index contributed by atoms with van der Waals surface area (Å²) in [6, 6.07) is 13.6. The van der Waals surface area contributed by atoms with Crippen LogP contribution in [0, 0.1) is 17.5 Å². The van der Waals surface area contributed by atoms with E-state index < -0.39 is 17.5 Å². The minimum atomic E-state index is -1.43. The number of fused-ring (bicyclic) bond motifs is 3. The molecule has 4 rings (SSSR count). The molecule has 1 unspecified atom stereocenters. The lowest BCUT2D eigenvalue weighted by Crippen LogP contribution is -2.83. The van der Waals surface area contributed by atoms with Crippen LogP contribution in [0.5, 0.6) is 0 Å². The van der Waals surface area contributed by atoms with Gasteiger partial charge in [0.1, 0.15) is 6.54 Å². The van der Waals surface area contributed by atoms with Gasteiger partial charge in [-0.1, -0.05) is 18.2 Å². The Labute approximate surface area is 131 Å². The number of benzene rings is 2. The predicted octanol–water partition coefficient (Wildman–Crippen LogP) is 3.06. The van der Waals surface area contributed by atoms with E-state index in [-0.39, 0.29) is 6.04 Å². The first-order chi connectivity index (χ1) is 11.1. The largest absolute Gasteiger partial charge is 0.331 e. The minimum Gasteiger partial charge on any atom is -0.331 e. The number of nitrogens with zero attached hydrogens (tertiary/aromatic N) is 1. The Hall–Kier alpha value is -2.53. The van der Waals surface area contributed by atoms with E-state index in [1.54, 1.807) is 0 Å². The number of aromatic nitrogens is 1. The fraction of sp³-hybridized carbons (Fsp3) is 0.111. The van der Waals surface area contributed by atoms with Crippen molar-refractivity contribution < 1.29 is 18.5 Å². The molecular formula is C18H14F3N2+. The van der Waals surface area contributed by atoms with Gasteiger partial charge in [0.25, 0.3) is 0 Å². The lowest BCUT2D eigenvalue weighted by Gasteiger charge is -2.15. The highest BCUT2D eigenvalue weighted by atomic mass is 19.2. The number of halogens is 3. The van der Waals surface area contributed by atoms with E-state index in [0.29, 0.717) is 12.1 Å². The Bertz CT molecular complexity index is 862. The zero-order valence-corrected chi connectivity index (χ0v) is 12.1. The van der Waals surface area contributed by atoms with Crippen LogP contribution in [0.2, 0.25) is 0 Å². The zero-order chi connectivity index (χ0) is 16.0. The third-order valence-corrected chi connectivity index (χ3v) is 4.29. The van der Waals surface area contributed by atoms with Gasteiger partial charge in [0, 0.05) is 17.3 Å². The fourth-order valence-electron chi connectivity index (χ4n) is 3.21. The van der Waals surface area contributed by atoms with Gasteiger partial charge in [0.2, 0.25) is 0 Å². The van der Waals surface area contributed by atoms with Crippen LogP contribution in [0.1, 0.15) is 22.9 Å². The highest BCUT2D eigenvalue weighted by Crippen LogP contribution is 2.28. The third-order valence-electron chi connectivity index (χ3n) is 4.29. The first kappa shape index (κ1) is 14.1. The summed E-state index contributed by atoms with van der Waals surface area (Å²) in [5.74, 6) is -3.75. The Morgan fingerprint density at radius 3 is 2.48 bits per heavy atom. The monoisotopic (exact) mass is 315 g/mol. The second-order valence-electron chi connectivity index (χ2n) is 5.65. The predicted molar refractivity (Wildman–Crippen MR) is 79.6 cm³/mol. The molecular weight excluding hydrogens is 301 g/mol. The first-order valence-electron chi connectivity index (χ1n) is 7.38. The molecule has 1 atom stereocenters. The Balaban J connectivity index is 1.87. The smallest absolute Gasteiger partial charge is 0.194 e. The van der Waals surface area contributed by atoms with E-state index in [1.807, 2.05) is 52.5 Å². The normalized spacial score (nSPS) is 16.6. The molecule has 0 aliphatic carbocycles. The number of hydrogen-bond acceptors (Lipinski definition) is 0. The molecule has 116 valence electrons. The van der Waals surface area contributed by atoms with Gasteiger partial charge in [-0.2, -0.15) is 0 Å². The topological polar surface area (TPSA) is 21.5 Å². The van der Waals surface area contributed by atoms with Gasteiger partial charge < -0.3 is 9.88 Å². The van der Waals surface area contributed by atoms with Crippen LogP contribution < -0.4 is 5.32 Å². The molecule has 0 saturated carbocycles. The lowest BCUT2D eigenvalue weighted by molar-refractivity contribution is -0.702. The minimum absolute atomic E-state index is 0.304. The number of nitrogens with two attached hydrogens (primary N) is 1. The van der Waals surface area contributed by atoms with Crippen molar-refractivity contribution in [3.8, 4) is 5.69 Å². The maximum atomic E-state index is 13.6. The number of quaternary nitrogens is 1. The number of para-hydroxylation sites is 1. The maximum Gasteiger partial charge on any atom is 0.194 e. The number of hydrogen-bond donors (Lipinski definition) is 1. The van der Waals surface area contributed by atoms with Crippen molar-refractivity contribution in [2.24, 2.45) is 0 Å². The fourth-order valence-corrected chi connectivity index (χ4v) is 3.21. The van der Waals surface area contributed by atoms with Crippen molar-refractivity contribution in [2.45, 2.75) is 12.6 Å². The van der Waals surface area contributed by atoms with Crippen LogP contribution in [0.25, 0.3) is 5.69 Å². The molecule has 0 radical (unpaired) electrons. The van der Waals surface area contributed by atoms with E-state index in [9.17, 15) is 13.2 Å². The molecule has 2 heterocycles. The van der Waals surface area contributed by atoms with Gasteiger partial charge in [-0.15, -0.1) is 0 Å². The van der Waals surface area contributed by atoms with E-state index in [1.165, 1.54) is 0 Å². The second-order valence-corrected chi connectivity index (χ2v) is 5.65. The van der Waals surface area contributed by atoms with Crippen LogP contribution in [0.4, 0.5) is 13.2 Å². The highest BCUT2D eigenvalue weighted by Gasteiger charge is 2.27. The molecule has 0 spiro atoms. The van der Waals surface area contributed by atoms with E-state index in [4.69, 9.17) is 0 Å². The van der Waals surface area contributed by atoms with E-state index in [2.05, 4.69) is 0 Å². The summed E-state index contributed by atoms with van der Waals surface area (Å²) in [6.07, 6.45) is 1.93. The Morgan fingerprint density at radius 1 is 0.957 bits per heavy atom. The molecule has 2 nitrogen and oxygen atoms in total. The first-order valence-corrected chi connectivity index (χ1v) is 7.38. The van der Waals surface area contributed by atoms with E-state index >= 15 is 0 Å². The summed E-state index contributed by atoms with van der Waals surface area (Å²) in [7, 11) is 0. The molecule has 5 heteroatoms. The van der Waals surface area contributed by atoms with Crippen molar-refractivity contribution in [1.29, 1.82) is 0 Å². The highest BCUT2D eigenvalue weighted by molar-refractivity contribution is 5.45. The molecule has 0 amide bonds. The molecule has 0 saturated heterocycles. The standard InChI is InChI=1S/C18H13F3N2/c19-13-8-12(9-14(20)17(13)21)18-16-6-3-7-23(16)15-5-2-1-4-11(15)10-22-18/h1-9,18,22H,10H2/p+1. The summed E-state index contributed by atoms with van der Waals surface area (Å²) >= 11 is 0. The van der Waals surface area contributed by atoms with Gasteiger partial charge in [-0.05, 0) is 30.3 Å². The van der Waals surface area contributed by atoms with Crippen LogP contribution >= 0.6 is 0 Å². The molecule has 1 aromatic heterocycles. The molecule has 2 aromatic carbocycles. The average molecular weight is 315 g/mol. The van der Waals surface area contributed by atoms with Gasteiger partial charge in [-0.3, -0.25) is 0 Å². The molecule has 23 heavy (non-hydrogen) atoms. The van der Waals surface area contributed by atoms with Crippen molar-refractivity contribution in [3.63, 3.8) is 0 Å². The summed E-state index contributed by atoms with van der Waals surface area (Å²) in [6.45, 7) is 0.670. The Kier molecular flexibility index (Phi) is 3.23. The van der Waals surface area contributed by atoms with Gasteiger partial charge in [0.05, 0.1) is 11.4 Å². The molecule has 3 aromatic rings. The van der Waals surface area contributed by atoms with Crippen LogP contribution in [0.3, 0.4) is 0 Å². The lowest BCUT2D eigenvalue weighted by atomic mass is 10.0. The summed E-state index contributed by atoms with van der Waals surface area (Å²) < 4.78 is 42.5. The van der Waals surface area contributed by atoms with Gasteiger partial charge in [-0.25, -0.2) is 13.2 Å². The van der Waals surface area contributed by atoms with Crippen molar-refractivity contribution in [1.82, 2.24) is 4.57 Å². The molecule has 1 aliphatic rings. The van der Waals surface area contributed by atoms with Crippen molar-refractivity contribution in [2.75, 3.05) is 0 Å². The molecule has 0 fully saturated rings. The summed E-state index contributed by atoms with van der Waals surface area (Å²) in [5.41, 5.74) is 3.50. The second kappa shape index (κ2) is 5.28. The molecule has 0 bridgehead atoms. The van der Waals surface area contributed by atoms with Crippen LogP contribution in [0.15, 0.2) is 54.7 Å². The number of rotatable bonds is 1. The SMILES string of the molecule is Fc1cc(C2[NH2+]Cc3ccccc3-n3cccc32)cc(F)c1F. The summed E-state index contributed by atoms with van der Waals surface area (Å²) in [5, 5.41) is 2.00. The average Bonchev–Trinajstić information content (AvgIpc) is 2.96. The summed E-state index contributed by atoms with van der Waals surface area (Å²) in [4.78, 5) is 0. The Morgan fingerprint density at radius 2 is 1.70 bits per heavy atom. The van der Waals surface area contributed by atoms with Crippen LogP contribution in [-0.4, -0.2) is 4.57 Å². The molecule has 2 N–H and O–H groups in total. The van der Waals surface area contributed by atoms with Crippen LogP contribution in [-0.2, 0) is 6.54 Å².